The molecule has 8 nitrogen and oxygen atoms in total. The van der Waals surface area contributed by atoms with Crippen LogP contribution in [0.1, 0.15) is 29.7 Å². The predicted octanol–water partition coefficient (Wildman–Crippen LogP) is 5.93. The minimum Gasteiger partial charge on any atom is -0.381 e. The van der Waals surface area contributed by atoms with Crippen LogP contribution in [0.4, 0.5) is 11.5 Å². The van der Waals surface area contributed by atoms with Gasteiger partial charge in [0.05, 0.1) is 5.39 Å². The molecular formula is C30H28N6O2. The lowest BCUT2D eigenvalue weighted by atomic mass is 10.1. The third kappa shape index (κ3) is 5.88. The second-order valence-corrected chi connectivity index (χ2v) is 8.93. The van der Waals surface area contributed by atoms with Gasteiger partial charge in [-0.2, -0.15) is 0 Å². The minimum atomic E-state index is -0.561. The summed E-state index contributed by atoms with van der Waals surface area (Å²) in [6.45, 7) is 2.78. The highest BCUT2D eigenvalue weighted by Crippen LogP contribution is 2.29. The summed E-state index contributed by atoms with van der Waals surface area (Å²) < 4.78 is 0. The van der Waals surface area contributed by atoms with Crippen molar-refractivity contribution in [2.75, 3.05) is 10.6 Å². The summed E-state index contributed by atoms with van der Waals surface area (Å²) in [7, 11) is 0. The summed E-state index contributed by atoms with van der Waals surface area (Å²) in [5.41, 5.74) is 8.57. The first-order valence-corrected chi connectivity index (χ1v) is 12.3. The molecule has 38 heavy (non-hydrogen) atoms. The molecule has 0 fully saturated rings. The fourth-order valence-corrected chi connectivity index (χ4v) is 4.17. The second kappa shape index (κ2) is 11.4. The van der Waals surface area contributed by atoms with Crippen LogP contribution in [0.3, 0.4) is 0 Å². The van der Waals surface area contributed by atoms with Gasteiger partial charge in [-0.05, 0) is 53.5 Å². The molecule has 1 atom stereocenters. The van der Waals surface area contributed by atoms with Crippen molar-refractivity contribution in [2.45, 2.75) is 19.5 Å². The van der Waals surface area contributed by atoms with Gasteiger partial charge < -0.3 is 15.6 Å². The van der Waals surface area contributed by atoms with Crippen molar-refractivity contribution in [1.82, 2.24) is 20.4 Å². The van der Waals surface area contributed by atoms with E-state index < -0.39 is 5.91 Å². The van der Waals surface area contributed by atoms with Gasteiger partial charge in [0.15, 0.2) is 0 Å². The van der Waals surface area contributed by atoms with Gasteiger partial charge in [-0.3, -0.25) is 10.0 Å². The number of hydroxylamine groups is 1. The molecule has 0 spiro atoms. The number of benzene rings is 3. The normalized spacial score (nSPS) is 11.9. The van der Waals surface area contributed by atoms with Crippen molar-refractivity contribution in [3.8, 4) is 11.3 Å². The molecule has 3 aromatic carbocycles. The number of rotatable bonds is 9. The maximum atomic E-state index is 11.1. The number of hydrogen-bond donors (Lipinski definition) is 5. The Morgan fingerprint density at radius 1 is 1.00 bits per heavy atom. The Balaban J connectivity index is 1.24. The van der Waals surface area contributed by atoms with Gasteiger partial charge in [-0.25, -0.2) is 15.4 Å². The van der Waals surface area contributed by atoms with Gasteiger partial charge in [0.1, 0.15) is 17.8 Å². The molecule has 5 aromatic rings. The molecule has 5 N–H and O–H groups in total. The van der Waals surface area contributed by atoms with Gasteiger partial charge in [-0.15, -0.1) is 0 Å². The van der Waals surface area contributed by atoms with E-state index in [1.54, 1.807) is 17.9 Å². The molecule has 1 amide bonds. The van der Waals surface area contributed by atoms with Crippen LogP contribution < -0.4 is 16.1 Å². The summed E-state index contributed by atoms with van der Waals surface area (Å²) in [6.07, 6.45) is 4.49. The van der Waals surface area contributed by atoms with Crippen molar-refractivity contribution < 1.29 is 10.0 Å². The number of carbonyl (C=O) groups is 1. The molecule has 0 saturated heterocycles. The maximum Gasteiger partial charge on any atom is 0.267 e. The second-order valence-electron chi connectivity index (χ2n) is 8.93. The first-order valence-electron chi connectivity index (χ1n) is 12.3. The van der Waals surface area contributed by atoms with Crippen LogP contribution in [0.2, 0.25) is 0 Å². The lowest BCUT2D eigenvalue weighted by Crippen LogP contribution is -2.14. The lowest BCUT2D eigenvalue weighted by molar-refractivity contribution is -0.124. The Labute approximate surface area is 220 Å². The molecule has 0 aliphatic carbocycles. The number of nitrogens with zero attached hydrogens (tertiary/aromatic N) is 2. The highest BCUT2D eigenvalue weighted by atomic mass is 16.5. The van der Waals surface area contributed by atoms with Crippen molar-refractivity contribution in [1.29, 1.82) is 0 Å². The molecule has 8 heteroatoms. The van der Waals surface area contributed by atoms with E-state index in [2.05, 4.69) is 62.8 Å². The van der Waals surface area contributed by atoms with E-state index in [0.717, 1.165) is 44.9 Å². The van der Waals surface area contributed by atoms with E-state index in [4.69, 9.17) is 5.21 Å². The van der Waals surface area contributed by atoms with E-state index in [9.17, 15) is 4.79 Å². The van der Waals surface area contributed by atoms with Crippen molar-refractivity contribution in [2.24, 2.45) is 0 Å². The summed E-state index contributed by atoms with van der Waals surface area (Å²) in [6, 6.07) is 28.5. The number of aromatic amines is 1. The molecule has 0 radical (unpaired) electrons. The molecule has 0 aliphatic rings. The zero-order valence-electron chi connectivity index (χ0n) is 20.8. The topological polar surface area (TPSA) is 115 Å². The summed E-state index contributed by atoms with van der Waals surface area (Å²) in [5, 5.41) is 16.5. The molecular weight excluding hydrogens is 476 g/mol. The van der Waals surface area contributed by atoms with E-state index >= 15 is 0 Å². The predicted molar refractivity (Wildman–Crippen MR) is 151 cm³/mol. The average Bonchev–Trinajstić information content (AvgIpc) is 3.41. The lowest BCUT2D eigenvalue weighted by Gasteiger charge is -2.15. The quantitative estimate of drug-likeness (QED) is 0.0966. The highest BCUT2D eigenvalue weighted by Gasteiger charge is 2.12. The van der Waals surface area contributed by atoms with E-state index in [-0.39, 0.29) is 6.04 Å². The fourth-order valence-electron chi connectivity index (χ4n) is 4.17. The van der Waals surface area contributed by atoms with E-state index in [1.807, 2.05) is 54.6 Å². The highest BCUT2D eigenvalue weighted by molar-refractivity contribution is 5.92. The Bertz CT molecular complexity index is 1540. The van der Waals surface area contributed by atoms with Crippen LogP contribution in [0, 0.1) is 0 Å². The zero-order chi connectivity index (χ0) is 26.3. The van der Waals surface area contributed by atoms with Crippen LogP contribution >= 0.6 is 0 Å². The number of hydrogen-bond acceptors (Lipinski definition) is 6. The monoisotopic (exact) mass is 504 g/mol. The van der Waals surface area contributed by atoms with E-state index in [1.165, 1.54) is 11.6 Å². The van der Waals surface area contributed by atoms with Crippen LogP contribution in [0.25, 0.3) is 28.4 Å². The molecule has 190 valence electrons. The van der Waals surface area contributed by atoms with Gasteiger partial charge in [0.25, 0.3) is 5.91 Å². The number of fused-ring (bicyclic) bond motifs is 1. The molecule has 1 unspecified atom stereocenters. The Hall–Kier alpha value is -4.95. The number of H-pyrrole nitrogens is 1. The van der Waals surface area contributed by atoms with Crippen LogP contribution in [-0.2, 0) is 11.3 Å². The SMILES string of the molecule is CC(Nc1ncnc2[nH]c(-c3ccc(NCc4ccc(/C=C/C(=O)NO)cc4)cc3)cc12)c1ccccc1. The standard InChI is InChI=1S/C30H28N6O2/c1-20(23-5-3-2-4-6-23)34-29-26-17-27(35-30(26)33-19-32-29)24-12-14-25(15-13-24)31-18-22-9-7-21(8-10-22)11-16-28(37)36-38/h2-17,19-20,31,38H,18H2,1H3,(H,36,37)(H2,32,33,34,35)/b16-11+. The smallest absolute Gasteiger partial charge is 0.267 e. The number of aromatic nitrogens is 3. The summed E-state index contributed by atoms with van der Waals surface area (Å²) in [5.74, 6) is 0.236. The third-order valence-electron chi connectivity index (χ3n) is 6.29. The third-order valence-corrected chi connectivity index (χ3v) is 6.29. The number of nitrogens with one attached hydrogen (secondary N) is 4. The molecule has 2 heterocycles. The first kappa shape index (κ1) is 24.7. The van der Waals surface area contributed by atoms with Crippen LogP contribution in [0.15, 0.2) is 97.3 Å². The summed E-state index contributed by atoms with van der Waals surface area (Å²) in [4.78, 5) is 23.4. The number of amides is 1. The molecule has 0 bridgehead atoms. The molecule has 2 aromatic heterocycles. The van der Waals surface area contributed by atoms with Crippen LogP contribution in [0.5, 0.6) is 0 Å². The van der Waals surface area contributed by atoms with Crippen molar-refractivity contribution >= 4 is 34.5 Å². The fraction of sp³-hybridized carbons (Fsp3) is 0.100. The van der Waals surface area contributed by atoms with E-state index in [0.29, 0.717) is 6.54 Å². The summed E-state index contributed by atoms with van der Waals surface area (Å²) >= 11 is 0. The minimum absolute atomic E-state index is 0.110. The van der Waals surface area contributed by atoms with Gasteiger partial charge in [0, 0.05) is 30.0 Å². The van der Waals surface area contributed by atoms with Crippen LogP contribution in [-0.4, -0.2) is 26.1 Å². The number of carbonyl (C=O) groups excluding carboxylic acids is 1. The number of anilines is 2. The van der Waals surface area contributed by atoms with Gasteiger partial charge in [-0.1, -0.05) is 66.7 Å². The average molecular weight is 505 g/mol. The zero-order valence-corrected chi connectivity index (χ0v) is 20.8. The molecule has 0 aliphatic heterocycles. The first-order chi connectivity index (χ1) is 18.6. The Morgan fingerprint density at radius 2 is 1.76 bits per heavy atom. The Kier molecular flexibility index (Phi) is 7.42. The largest absolute Gasteiger partial charge is 0.381 e. The molecule has 0 saturated carbocycles. The van der Waals surface area contributed by atoms with Crippen molar-refractivity contribution in [3.63, 3.8) is 0 Å². The molecule has 5 rings (SSSR count). The maximum absolute atomic E-state index is 11.1. The van der Waals surface area contributed by atoms with Gasteiger partial charge >= 0.3 is 0 Å². The van der Waals surface area contributed by atoms with Gasteiger partial charge in [0.2, 0.25) is 0 Å². The Morgan fingerprint density at radius 3 is 2.50 bits per heavy atom. The van der Waals surface area contributed by atoms with Crippen molar-refractivity contribution in [3.05, 3.63) is 114 Å².